The fourth-order valence-electron chi connectivity index (χ4n) is 2.13. The van der Waals surface area contributed by atoms with Crippen molar-refractivity contribution in [3.8, 4) is 0 Å². The second-order valence-corrected chi connectivity index (χ2v) is 4.60. The molecule has 84 valence electrons. The number of rotatable bonds is 1. The fourth-order valence-corrected chi connectivity index (χ4v) is 2.13. The predicted octanol–water partition coefficient (Wildman–Crippen LogP) is 4.37. The summed E-state index contributed by atoms with van der Waals surface area (Å²) in [6, 6.07) is 10.6. The van der Waals surface area contributed by atoms with Gasteiger partial charge in [-0.2, -0.15) is 10.2 Å². The SMILES string of the molecule is CC1=CC(C)C(C)C(c2ccccc2)N=N1. The lowest BCUT2D eigenvalue weighted by molar-refractivity contribution is 0.382. The van der Waals surface area contributed by atoms with Crippen LogP contribution in [0.5, 0.6) is 0 Å². The van der Waals surface area contributed by atoms with Crippen LogP contribution in [0, 0.1) is 11.8 Å². The van der Waals surface area contributed by atoms with Gasteiger partial charge >= 0.3 is 0 Å². The Morgan fingerprint density at radius 2 is 1.75 bits per heavy atom. The van der Waals surface area contributed by atoms with Crippen LogP contribution in [0.3, 0.4) is 0 Å². The normalized spacial score (nSPS) is 29.7. The van der Waals surface area contributed by atoms with Gasteiger partial charge in [0.15, 0.2) is 0 Å². The van der Waals surface area contributed by atoms with Crippen LogP contribution in [0.1, 0.15) is 32.4 Å². The lowest BCUT2D eigenvalue weighted by Crippen LogP contribution is -2.13. The van der Waals surface area contributed by atoms with Gasteiger partial charge in [0.1, 0.15) is 0 Å². The van der Waals surface area contributed by atoms with Crippen molar-refractivity contribution >= 4 is 0 Å². The number of allylic oxidation sites excluding steroid dienone is 2. The summed E-state index contributed by atoms with van der Waals surface area (Å²) in [5, 5.41) is 8.73. The molecule has 1 aromatic carbocycles. The Labute approximate surface area is 97.1 Å². The summed E-state index contributed by atoms with van der Waals surface area (Å²) in [6.07, 6.45) is 2.21. The Bertz CT molecular complexity index is 406. The van der Waals surface area contributed by atoms with Crippen LogP contribution in [0.2, 0.25) is 0 Å². The van der Waals surface area contributed by atoms with Crippen molar-refractivity contribution in [1.82, 2.24) is 0 Å². The first-order valence-corrected chi connectivity index (χ1v) is 5.82. The van der Waals surface area contributed by atoms with E-state index in [1.165, 1.54) is 5.56 Å². The molecule has 1 aliphatic rings. The maximum atomic E-state index is 4.46. The molecule has 1 heterocycles. The third-order valence-electron chi connectivity index (χ3n) is 3.31. The zero-order valence-corrected chi connectivity index (χ0v) is 10.1. The average molecular weight is 214 g/mol. The van der Waals surface area contributed by atoms with Gasteiger partial charge in [-0.3, -0.25) is 0 Å². The number of hydrogen-bond donors (Lipinski definition) is 0. The molecule has 0 spiro atoms. The van der Waals surface area contributed by atoms with Gasteiger partial charge < -0.3 is 0 Å². The van der Waals surface area contributed by atoms with E-state index in [0.717, 1.165) is 5.70 Å². The highest BCUT2D eigenvalue weighted by atomic mass is 15.1. The van der Waals surface area contributed by atoms with Gasteiger partial charge in [0.2, 0.25) is 0 Å². The number of azo groups is 1. The topological polar surface area (TPSA) is 24.7 Å². The summed E-state index contributed by atoms with van der Waals surface area (Å²) in [6.45, 7) is 6.50. The standard InChI is InChI=1S/C14H18N2/c1-10-9-11(2)15-16-14(12(10)3)13-7-5-4-6-8-13/h4-10,12,14H,1-3H3. The van der Waals surface area contributed by atoms with Gasteiger partial charge in [-0.25, -0.2) is 0 Å². The third-order valence-corrected chi connectivity index (χ3v) is 3.31. The summed E-state index contributed by atoms with van der Waals surface area (Å²) >= 11 is 0. The molecule has 2 heteroatoms. The third kappa shape index (κ3) is 2.21. The Morgan fingerprint density at radius 1 is 1.06 bits per heavy atom. The second kappa shape index (κ2) is 4.60. The Balaban J connectivity index is 2.32. The molecule has 0 aromatic heterocycles. The predicted molar refractivity (Wildman–Crippen MR) is 66.1 cm³/mol. The lowest BCUT2D eigenvalue weighted by Gasteiger charge is -2.21. The molecule has 0 bridgehead atoms. The molecule has 0 N–H and O–H groups in total. The van der Waals surface area contributed by atoms with Crippen LogP contribution in [-0.4, -0.2) is 0 Å². The number of benzene rings is 1. The molecule has 0 radical (unpaired) electrons. The fraction of sp³-hybridized carbons (Fsp3) is 0.429. The summed E-state index contributed by atoms with van der Waals surface area (Å²) in [5.41, 5.74) is 2.28. The first-order valence-electron chi connectivity index (χ1n) is 5.82. The minimum Gasteiger partial charge on any atom is -0.181 e. The van der Waals surface area contributed by atoms with Crippen molar-refractivity contribution in [2.45, 2.75) is 26.8 Å². The van der Waals surface area contributed by atoms with Gasteiger partial charge in [-0.15, -0.1) is 0 Å². The van der Waals surface area contributed by atoms with Crippen LogP contribution in [0.15, 0.2) is 52.3 Å². The first-order chi connectivity index (χ1) is 7.68. The first kappa shape index (κ1) is 11.1. The summed E-state index contributed by atoms with van der Waals surface area (Å²) in [5.74, 6) is 1.00. The zero-order chi connectivity index (χ0) is 11.5. The zero-order valence-electron chi connectivity index (χ0n) is 10.1. The van der Waals surface area contributed by atoms with Crippen molar-refractivity contribution in [3.05, 3.63) is 47.7 Å². The van der Waals surface area contributed by atoms with E-state index in [4.69, 9.17) is 0 Å². The van der Waals surface area contributed by atoms with E-state index in [1.807, 2.05) is 13.0 Å². The van der Waals surface area contributed by atoms with Gasteiger partial charge in [0.05, 0.1) is 11.7 Å². The van der Waals surface area contributed by atoms with E-state index in [0.29, 0.717) is 11.8 Å². The molecule has 2 rings (SSSR count). The highest BCUT2D eigenvalue weighted by molar-refractivity contribution is 5.21. The molecule has 0 aliphatic carbocycles. The second-order valence-electron chi connectivity index (χ2n) is 4.60. The maximum Gasteiger partial charge on any atom is 0.0992 e. The Morgan fingerprint density at radius 3 is 2.44 bits per heavy atom. The molecular weight excluding hydrogens is 196 g/mol. The van der Waals surface area contributed by atoms with Crippen molar-refractivity contribution in [1.29, 1.82) is 0 Å². The van der Waals surface area contributed by atoms with Crippen LogP contribution < -0.4 is 0 Å². The molecule has 0 saturated carbocycles. The van der Waals surface area contributed by atoms with E-state index in [9.17, 15) is 0 Å². The Hall–Kier alpha value is -1.44. The quantitative estimate of drug-likeness (QED) is 0.663. The maximum absolute atomic E-state index is 4.46. The van der Waals surface area contributed by atoms with E-state index in [2.05, 4.69) is 54.4 Å². The van der Waals surface area contributed by atoms with Gasteiger partial charge in [0.25, 0.3) is 0 Å². The number of nitrogens with zero attached hydrogens (tertiary/aromatic N) is 2. The molecule has 2 nitrogen and oxygen atoms in total. The molecule has 3 unspecified atom stereocenters. The van der Waals surface area contributed by atoms with Crippen LogP contribution >= 0.6 is 0 Å². The van der Waals surface area contributed by atoms with Crippen LogP contribution in [0.25, 0.3) is 0 Å². The van der Waals surface area contributed by atoms with Crippen LogP contribution in [-0.2, 0) is 0 Å². The van der Waals surface area contributed by atoms with Crippen molar-refractivity contribution in [3.63, 3.8) is 0 Å². The van der Waals surface area contributed by atoms with Crippen LogP contribution in [0.4, 0.5) is 0 Å². The van der Waals surface area contributed by atoms with Crippen molar-refractivity contribution in [2.24, 2.45) is 22.1 Å². The molecule has 0 saturated heterocycles. The van der Waals surface area contributed by atoms with Crippen molar-refractivity contribution < 1.29 is 0 Å². The van der Waals surface area contributed by atoms with Crippen molar-refractivity contribution in [2.75, 3.05) is 0 Å². The molecule has 1 aromatic rings. The summed E-state index contributed by atoms with van der Waals surface area (Å²) in [7, 11) is 0. The largest absolute Gasteiger partial charge is 0.181 e. The van der Waals surface area contributed by atoms with E-state index in [1.54, 1.807) is 0 Å². The molecule has 3 atom stereocenters. The van der Waals surface area contributed by atoms with Gasteiger partial charge in [0, 0.05) is 0 Å². The minimum absolute atomic E-state index is 0.185. The molecule has 16 heavy (non-hydrogen) atoms. The molecule has 0 fully saturated rings. The molecule has 1 aliphatic heterocycles. The van der Waals surface area contributed by atoms with Gasteiger partial charge in [-0.1, -0.05) is 50.3 Å². The highest BCUT2D eigenvalue weighted by Gasteiger charge is 2.24. The minimum atomic E-state index is 0.185. The van der Waals surface area contributed by atoms with E-state index < -0.39 is 0 Å². The summed E-state index contributed by atoms with van der Waals surface area (Å²) in [4.78, 5) is 0. The Kier molecular flexibility index (Phi) is 3.18. The summed E-state index contributed by atoms with van der Waals surface area (Å²) < 4.78 is 0. The van der Waals surface area contributed by atoms with E-state index in [-0.39, 0.29) is 6.04 Å². The molecule has 0 amide bonds. The van der Waals surface area contributed by atoms with E-state index >= 15 is 0 Å². The average Bonchev–Trinajstić information content (AvgIpc) is 2.41. The lowest BCUT2D eigenvalue weighted by atomic mass is 9.85. The van der Waals surface area contributed by atoms with Gasteiger partial charge in [-0.05, 0) is 24.3 Å². The highest BCUT2D eigenvalue weighted by Crippen LogP contribution is 2.35. The number of hydrogen-bond acceptors (Lipinski definition) is 2. The molecular formula is C14H18N2. The smallest absolute Gasteiger partial charge is 0.0992 e. The monoisotopic (exact) mass is 214 g/mol.